The van der Waals surface area contributed by atoms with E-state index < -0.39 is 0 Å². The molecule has 0 aliphatic rings. The predicted molar refractivity (Wildman–Crippen MR) is 126 cm³/mol. The molecule has 6 heteroatoms. The summed E-state index contributed by atoms with van der Waals surface area (Å²) in [7, 11) is 0. The number of aryl methyl sites for hydroxylation is 1. The van der Waals surface area contributed by atoms with Crippen LogP contribution in [0.4, 0.5) is 0 Å². The minimum atomic E-state index is -0.381. The van der Waals surface area contributed by atoms with Crippen LogP contribution < -0.4 is 15.5 Å². The molecule has 0 aliphatic heterocycles. The van der Waals surface area contributed by atoms with Gasteiger partial charge in [-0.3, -0.25) is 9.59 Å². The Kier molecular flexibility index (Phi) is 6.28. The van der Waals surface area contributed by atoms with Crippen molar-refractivity contribution in [1.29, 1.82) is 0 Å². The van der Waals surface area contributed by atoms with Crippen molar-refractivity contribution in [2.45, 2.75) is 19.9 Å². The third kappa shape index (κ3) is 4.68. The molecule has 0 spiro atoms. The monoisotopic (exact) mass is 447 g/mol. The van der Waals surface area contributed by atoms with E-state index in [0.717, 1.165) is 11.1 Å². The molecule has 0 saturated carbocycles. The van der Waals surface area contributed by atoms with Gasteiger partial charge in [-0.2, -0.15) is 0 Å². The molecule has 1 unspecified atom stereocenters. The normalized spacial score (nSPS) is 11.8. The molecular formula is C26H22ClNO4. The molecule has 4 aromatic rings. The summed E-state index contributed by atoms with van der Waals surface area (Å²) in [6, 6.07) is 21.8. The number of ether oxygens (including phenoxy) is 1. The van der Waals surface area contributed by atoms with Crippen LogP contribution in [0.15, 0.2) is 82.0 Å². The average molecular weight is 448 g/mol. The number of carbonyl (C=O) groups excluding carboxylic acids is 1. The lowest BCUT2D eigenvalue weighted by Crippen LogP contribution is -2.32. The number of hydrogen-bond donors (Lipinski definition) is 1. The second kappa shape index (κ2) is 9.28. The van der Waals surface area contributed by atoms with Gasteiger partial charge in [-0.25, -0.2) is 0 Å². The fraction of sp³-hybridized carbons (Fsp3) is 0.154. The van der Waals surface area contributed by atoms with E-state index in [0.29, 0.717) is 21.6 Å². The summed E-state index contributed by atoms with van der Waals surface area (Å²) in [5.41, 5.74) is 2.73. The number of carbonyl (C=O) groups is 1. The lowest BCUT2D eigenvalue weighted by atomic mass is 10.1. The smallest absolute Gasteiger partial charge is 0.258 e. The second-order valence-electron chi connectivity index (χ2n) is 7.58. The van der Waals surface area contributed by atoms with E-state index in [1.54, 1.807) is 12.1 Å². The molecule has 1 N–H and O–H groups in total. The first kappa shape index (κ1) is 21.7. The van der Waals surface area contributed by atoms with Crippen molar-refractivity contribution in [3.05, 3.63) is 99.2 Å². The van der Waals surface area contributed by atoms with Gasteiger partial charge >= 0.3 is 0 Å². The lowest BCUT2D eigenvalue weighted by molar-refractivity contribution is -0.123. The largest absolute Gasteiger partial charge is 0.476 e. The molecule has 1 aromatic heterocycles. The Morgan fingerprint density at radius 3 is 2.50 bits per heavy atom. The quantitative estimate of drug-likeness (QED) is 0.413. The molecule has 0 aliphatic carbocycles. The highest BCUT2D eigenvalue weighted by Crippen LogP contribution is 2.32. The van der Waals surface area contributed by atoms with Gasteiger partial charge in [0.2, 0.25) is 11.2 Å². The maximum atomic E-state index is 13.2. The first-order valence-electron chi connectivity index (χ1n) is 10.2. The van der Waals surface area contributed by atoms with Crippen molar-refractivity contribution in [1.82, 2.24) is 5.32 Å². The van der Waals surface area contributed by atoms with E-state index in [-0.39, 0.29) is 35.5 Å². The molecule has 1 heterocycles. The van der Waals surface area contributed by atoms with Gasteiger partial charge < -0.3 is 14.5 Å². The molecule has 3 aromatic carbocycles. The molecule has 1 amide bonds. The third-order valence-electron chi connectivity index (χ3n) is 5.15. The molecule has 5 nitrogen and oxygen atoms in total. The number of nitrogens with one attached hydrogen (secondary N) is 1. The predicted octanol–water partition coefficient (Wildman–Crippen LogP) is 5.68. The molecule has 1 atom stereocenters. The summed E-state index contributed by atoms with van der Waals surface area (Å²) in [4.78, 5) is 25.8. The number of rotatable bonds is 6. The zero-order valence-corrected chi connectivity index (χ0v) is 18.5. The Morgan fingerprint density at radius 1 is 1.06 bits per heavy atom. The van der Waals surface area contributed by atoms with Crippen molar-refractivity contribution in [2.75, 3.05) is 6.61 Å². The highest BCUT2D eigenvalue weighted by atomic mass is 35.5. The number of halogens is 1. The van der Waals surface area contributed by atoms with Gasteiger partial charge in [0.15, 0.2) is 12.4 Å². The highest BCUT2D eigenvalue weighted by molar-refractivity contribution is 6.31. The van der Waals surface area contributed by atoms with Crippen LogP contribution >= 0.6 is 11.6 Å². The van der Waals surface area contributed by atoms with Gasteiger partial charge in [-0.1, -0.05) is 71.8 Å². The standard InChI is InChI=1S/C26H22ClNO4/c1-16-8-10-19(11-9-16)25-26(24(30)21-14-20(27)12-13-22(21)32-25)31-15-23(29)28-17(2)18-6-4-3-5-7-18/h3-14,17H,15H2,1-2H3,(H,28,29). The van der Waals surface area contributed by atoms with Gasteiger partial charge in [-0.05, 0) is 37.6 Å². The Labute approximate surface area is 190 Å². The van der Waals surface area contributed by atoms with E-state index in [1.165, 1.54) is 6.07 Å². The maximum Gasteiger partial charge on any atom is 0.258 e. The molecule has 162 valence electrons. The van der Waals surface area contributed by atoms with Crippen LogP contribution in [-0.2, 0) is 4.79 Å². The third-order valence-corrected chi connectivity index (χ3v) is 5.38. The van der Waals surface area contributed by atoms with E-state index in [1.807, 2.05) is 68.4 Å². The molecule has 32 heavy (non-hydrogen) atoms. The Bertz CT molecular complexity index is 1310. The molecule has 0 fully saturated rings. The summed E-state index contributed by atoms with van der Waals surface area (Å²) in [5.74, 6) is -0.0957. The summed E-state index contributed by atoms with van der Waals surface area (Å²) < 4.78 is 11.8. The number of hydrogen-bond acceptors (Lipinski definition) is 4. The SMILES string of the molecule is Cc1ccc(-c2oc3ccc(Cl)cc3c(=O)c2OCC(=O)NC(C)c2ccccc2)cc1. The molecule has 0 bridgehead atoms. The minimum Gasteiger partial charge on any atom is -0.476 e. The zero-order valence-electron chi connectivity index (χ0n) is 17.7. The number of amides is 1. The first-order chi connectivity index (χ1) is 15.4. The Balaban J connectivity index is 1.65. The van der Waals surface area contributed by atoms with Crippen LogP contribution in [0.5, 0.6) is 5.75 Å². The lowest BCUT2D eigenvalue weighted by Gasteiger charge is -2.15. The van der Waals surface area contributed by atoms with E-state index >= 15 is 0 Å². The summed E-state index contributed by atoms with van der Waals surface area (Å²) >= 11 is 6.07. The van der Waals surface area contributed by atoms with Crippen LogP contribution in [0.2, 0.25) is 5.02 Å². The molecule has 0 saturated heterocycles. The van der Waals surface area contributed by atoms with Crippen LogP contribution in [0.3, 0.4) is 0 Å². The van der Waals surface area contributed by atoms with Gasteiger partial charge in [0.1, 0.15) is 5.58 Å². The van der Waals surface area contributed by atoms with E-state index in [9.17, 15) is 9.59 Å². The van der Waals surface area contributed by atoms with Crippen molar-refractivity contribution >= 4 is 28.5 Å². The highest BCUT2D eigenvalue weighted by Gasteiger charge is 2.20. The second-order valence-corrected chi connectivity index (χ2v) is 8.02. The van der Waals surface area contributed by atoms with Crippen LogP contribution in [-0.4, -0.2) is 12.5 Å². The fourth-order valence-electron chi connectivity index (χ4n) is 3.42. The van der Waals surface area contributed by atoms with Gasteiger partial charge in [-0.15, -0.1) is 0 Å². The fourth-order valence-corrected chi connectivity index (χ4v) is 3.59. The van der Waals surface area contributed by atoms with Crippen LogP contribution in [0.25, 0.3) is 22.3 Å². The zero-order chi connectivity index (χ0) is 22.7. The Hall–Kier alpha value is -3.57. The molecule has 0 radical (unpaired) electrons. The van der Waals surface area contributed by atoms with Crippen LogP contribution in [0.1, 0.15) is 24.1 Å². The molecule has 4 rings (SSSR count). The summed E-state index contributed by atoms with van der Waals surface area (Å²) in [6.07, 6.45) is 0. The average Bonchev–Trinajstić information content (AvgIpc) is 2.80. The van der Waals surface area contributed by atoms with Gasteiger partial charge in [0.25, 0.3) is 5.91 Å². The Morgan fingerprint density at radius 2 is 1.78 bits per heavy atom. The van der Waals surface area contributed by atoms with Crippen LogP contribution in [0, 0.1) is 6.92 Å². The summed E-state index contributed by atoms with van der Waals surface area (Å²) in [5, 5.41) is 3.58. The van der Waals surface area contributed by atoms with Crippen molar-refractivity contribution in [3.63, 3.8) is 0 Å². The first-order valence-corrected chi connectivity index (χ1v) is 10.6. The van der Waals surface area contributed by atoms with Gasteiger partial charge in [0.05, 0.1) is 11.4 Å². The van der Waals surface area contributed by atoms with Crippen molar-refractivity contribution in [3.8, 4) is 17.1 Å². The topological polar surface area (TPSA) is 68.5 Å². The number of benzene rings is 3. The van der Waals surface area contributed by atoms with E-state index in [4.69, 9.17) is 20.8 Å². The minimum absolute atomic E-state index is 0.0221. The van der Waals surface area contributed by atoms with Crippen molar-refractivity contribution in [2.24, 2.45) is 0 Å². The maximum absolute atomic E-state index is 13.2. The van der Waals surface area contributed by atoms with Crippen molar-refractivity contribution < 1.29 is 13.9 Å². The van der Waals surface area contributed by atoms with Gasteiger partial charge in [0, 0.05) is 10.6 Å². The molecular weight excluding hydrogens is 426 g/mol. The van der Waals surface area contributed by atoms with E-state index in [2.05, 4.69) is 5.32 Å². The number of fused-ring (bicyclic) bond motifs is 1. The summed E-state index contributed by atoms with van der Waals surface area (Å²) in [6.45, 7) is 3.53.